The second-order valence-electron chi connectivity index (χ2n) is 4.18. The van der Waals surface area contributed by atoms with Gasteiger partial charge in [0.1, 0.15) is 29.8 Å². The molecule has 0 saturated carbocycles. The number of nitrogens with one attached hydrogen (secondary N) is 1. The summed E-state index contributed by atoms with van der Waals surface area (Å²) in [5.74, 6) is 0.878. The fraction of sp³-hybridized carbons (Fsp3) is 0.133. The maximum absolute atomic E-state index is 12.8. The highest BCUT2D eigenvalue weighted by atomic mass is 19.1. The van der Waals surface area contributed by atoms with Crippen molar-refractivity contribution >= 4 is 5.84 Å². The number of halogens is 1. The van der Waals surface area contributed by atoms with Gasteiger partial charge in [0.25, 0.3) is 0 Å². The Morgan fingerprint density at radius 1 is 1.20 bits per heavy atom. The third-order valence-electron chi connectivity index (χ3n) is 2.80. The lowest BCUT2D eigenvalue weighted by molar-refractivity contribution is 0.296. The van der Waals surface area contributed by atoms with Crippen LogP contribution in [0.3, 0.4) is 0 Å². The van der Waals surface area contributed by atoms with E-state index in [0.717, 1.165) is 5.56 Å². The van der Waals surface area contributed by atoms with Crippen molar-refractivity contribution in [1.29, 1.82) is 5.41 Å². The van der Waals surface area contributed by atoms with Crippen LogP contribution in [0.4, 0.5) is 4.39 Å². The molecule has 2 rings (SSSR count). The van der Waals surface area contributed by atoms with Gasteiger partial charge < -0.3 is 15.2 Å². The summed E-state index contributed by atoms with van der Waals surface area (Å²) in [4.78, 5) is 0. The molecule has 0 amide bonds. The summed E-state index contributed by atoms with van der Waals surface area (Å²) in [7, 11) is 1.56. The molecule has 0 unspecified atom stereocenters. The summed E-state index contributed by atoms with van der Waals surface area (Å²) in [6, 6.07) is 11.0. The van der Waals surface area contributed by atoms with Crippen LogP contribution in [0.1, 0.15) is 11.1 Å². The Kier molecular flexibility index (Phi) is 4.20. The molecule has 0 aliphatic rings. The number of nitrogens with two attached hydrogens (primary N) is 1. The summed E-state index contributed by atoms with van der Waals surface area (Å²) in [5.41, 5.74) is 6.83. The Bertz CT molecular complexity index is 612. The average molecular weight is 274 g/mol. The van der Waals surface area contributed by atoms with Gasteiger partial charge >= 0.3 is 0 Å². The first-order chi connectivity index (χ1) is 9.60. The molecule has 0 aliphatic heterocycles. The van der Waals surface area contributed by atoms with Gasteiger partial charge in [0.15, 0.2) is 0 Å². The van der Waals surface area contributed by atoms with E-state index < -0.39 is 0 Å². The Balaban J connectivity index is 2.16. The summed E-state index contributed by atoms with van der Waals surface area (Å²) in [6.45, 7) is 0.246. The molecule has 5 heteroatoms. The maximum Gasteiger partial charge on any atom is 0.125 e. The van der Waals surface area contributed by atoms with E-state index in [1.807, 2.05) is 0 Å². The van der Waals surface area contributed by atoms with Crippen LogP contribution in [0, 0.1) is 11.2 Å². The zero-order valence-electron chi connectivity index (χ0n) is 11.0. The lowest BCUT2D eigenvalue weighted by atomic mass is 10.1. The topological polar surface area (TPSA) is 68.3 Å². The molecule has 0 saturated heterocycles. The summed E-state index contributed by atoms with van der Waals surface area (Å²) in [6.07, 6.45) is 0. The quantitative estimate of drug-likeness (QED) is 0.650. The third kappa shape index (κ3) is 3.26. The van der Waals surface area contributed by atoms with Crippen molar-refractivity contribution in [3.63, 3.8) is 0 Å². The van der Waals surface area contributed by atoms with Gasteiger partial charge in [0, 0.05) is 11.1 Å². The van der Waals surface area contributed by atoms with E-state index in [2.05, 4.69) is 0 Å². The number of amidine groups is 1. The molecule has 3 N–H and O–H groups in total. The first-order valence-corrected chi connectivity index (χ1v) is 6.00. The van der Waals surface area contributed by atoms with Gasteiger partial charge in [-0.25, -0.2) is 4.39 Å². The van der Waals surface area contributed by atoms with Crippen molar-refractivity contribution in [1.82, 2.24) is 0 Å². The number of methoxy groups -OCH3 is 1. The Hall–Kier alpha value is -2.56. The van der Waals surface area contributed by atoms with Crippen molar-refractivity contribution < 1.29 is 13.9 Å². The largest absolute Gasteiger partial charge is 0.496 e. The van der Waals surface area contributed by atoms with E-state index in [1.165, 1.54) is 12.1 Å². The van der Waals surface area contributed by atoms with Crippen LogP contribution in [0.5, 0.6) is 11.5 Å². The Labute approximate surface area is 116 Å². The Morgan fingerprint density at radius 3 is 2.50 bits per heavy atom. The minimum Gasteiger partial charge on any atom is -0.496 e. The molecule has 0 atom stereocenters. The highest BCUT2D eigenvalue weighted by Crippen LogP contribution is 2.22. The van der Waals surface area contributed by atoms with Crippen LogP contribution in [0.25, 0.3) is 0 Å². The fourth-order valence-corrected chi connectivity index (χ4v) is 1.75. The number of nitrogen functional groups attached to an aromatic ring is 1. The second kappa shape index (κ2) is 6.06. The minimum atomic E-state index is -0.312. The monoisotopic (exact) mass is 274 g/mol. The van der Waals surface area contributed by atoms with E-state index in [9.17, 15) is 4.39 Å². The molecule has 2 aromatic carbocycles. The van der Waals surface area contributed by atoms with E-state index in [4.69, 9.17) is 20.6 Å². The molecule has 0 radical (unpaired) electrons. The van der Waals surface area contributed by atoms with Gasteiger partial charge in [0.05, 0.1) is 7.11 Å². The highest BCUT2D eigenvalue weighted by Gasteiger charge is 2.07. The van der Waals surface area contributed by atoms with E-state index in [1.54, 1.807) is 37.4 Å². The number of ether oxygens (including phenoxy) is 2. The summed E-state index contributed by atoms with van der Waals surface area (Å²) >= 11 is 0. The number of hydrogen-bond donors (Lipinski definition) is 2. The standard InChI is InChI=1S/C15H15FN2O2/c1-19-14-7-2-10(15(17)18)8-11(14)9-20-13-5-3-12(16)4-6-13/h2-8H,9H2,1H3,(H3,17,18). The fourth-order valence-electron chi connectivity index (χ4n) is 1.75. The molecule has 0 heterocycles. The van der Waals surface area contributed by atoms with Crippen LogP contribution >= 0.6 is 0 Å². The Morgan fingerprint density at radius 2 is 1.90 bits per heavy atom. The van der Waals surface area contributed by atoms with Crippen LogP contribution in [0.2, 0.25) is 0 Å². The normalized spacial score (nSPS) is 10.1. The van der Waals surface area contributed by atoms with Crippen LogP contribution in [0.15, 0.2) is 42.5 Å². The van der Waals surface area contributed by atoms with E-state index in [-0.39, 0.29) is 18.3 Å². The molecule has 104 valence electrons. The van der Waals surface area contributed by atoms with Gasteiger partial charge in [-0.15, -0.1) is 0 Å². The molecule has 4 nitrogen and oxygen atoms in total. The number of hydrogen-bond acceptors (Lipinski definition) is 3. The first kappa shape index (κ1) is 13.9. The van der Waals surface area contributed by atoms with Crippen molar-refractivity contribution in [3.8, 4) is 11.5 Å². The zero-order chi connectivity index (χ0) is 14.5. The van der Waals surface area contributed by atoms with Crippen LogP contribution in [-0.4, -0.2) is 12.9 Å². The SMILES string of the molecule is COc1ccc(C(=N)N)cc1COc1ccc(F)cc1. The van der Waals surface area contributed by atoms with Gasteiger partial charge in [-0.2, -0.15) is 0 Å². The van der Waals surface area contributed by atoms with Crippen molar-refractivity contribution in [2.24, 2.45) is 5.73 Å². The minimum absolute atomic E-state index is 0.0179. The van der Waals surface area contributed by atoms with Gasteiger partial charge in [-0.05, 0) is 42.5 Å². The molecule has 0 fully saturated rings. The second-order valence-corrected chi connectivity index (χ2v) is 4.18. The molecule has 0 spiro atoms. The van der Waals surface area contributed by atoms with E-state index >= 15 is 0 Å². The van der Waals surface area contributed by atoms with Gasteiger partial charge in [0.2, 0.25) is 0 Å². The van der Waals surface area contributed by atoms with Gasteiger partial charge in [-0.1, -0.05) is 0 Å². The summed E-state index contributed by atoms with van der Waals surface area (Å²) in [5, 5.41) is 7.43. The molecular weight excluding hydrogens is 259 g/mol. The zero-order valence-corrected chi connectivity index (χ0v) is 11.0. The molecule has 0 bridgehead atoms. The molecule has 0 aliphatic carbocycles. The lowest BCUT2D eigenvalue weighted by Gasteiger charge is -2.11. The average Bonchev–Trinajstić information content (AvgIpc) is 2.46. The van der Waals surface area contributed by atoms with Crippen molar-refractivity contribution in [2.75, 3.05) is 7.11 Å². The predicted octanol–water partition coefficient (Wildman–Crippen LogP) is 2.70. The number of benzene rings is 2. The van der Waals surface area contributed by atoms with Gasteiger partial charge in [-0.3, -0.25) is 5.41 Å². The molecule has 2 aromatic rings. The van der Waals surface area contributed by atoms with Crippen molar-refractivity contribution in [2.45, 2.75) is 6.61 Å². The highest BCUT2D eigenvalue weighted by molar-refractivity contribution is 5.95. The lowest BCUT2D eigenvalue weighted by Crippen LogP contribution is -2.12. The van der Waals surface area contributed by atoms with Crippen LogP contribution < -0.4 is 15.2 Å². The number of rotatable bonds is 5. The molecule has 20 heavy (non-hydrogen) atoms. The predicted molar refractivity (Wildman–Crippen MR) is 74.7 cm³/mol. The van der Waals surface area contributed by atoms with Crippen LogP contribution in [-0.2, 0) is 6.61 Å². The van der Waals surface area contributed by atoms with Crippen molar-refractivity contribution in [3.05, 3.63) is 59.4 Å². The smallest absolute Gasteiger partial charge is 0.125 e. The third-order valence-corrected chi connectivity index (χ3v) is 2.80. The first-order valence-electron chi connectivity index (χ1n) is 6.00. The molecule has 0 aromatic heterocycles. The maximum atomic E-state index is 12.8. The molecular formula is C15H15FN2O2. The summed E-state index contributed by atoms with van der Waals surface area (Å²) < 4.78 is 23.6. The van der Waals surface area contributed by atoms with E-state index in [0.29, 0.717) is 17.1 Å².